The van der Waals surface area contributed by atoms with Gasteiger partial charge in [-0.25, -0.2) is 4.79 Å². The molecule has 3 nitrogen and oxygen atoms in total. The van der Waals surface area contributed by atoms with Gasteiger partial charge in [0.15, 0.2) is 0 Å². The van der Waals surface area contributed by atoms with Gasteiger partial charge in [-0.3, -0.25) is 0 Å². The normalized spacial score (nSPS) is 11.1. The van der Waals surface area contributed by atoms with Gasteiger partial charge in [0.25, 0.3) is 0 Å². The maximum atomic E-state index is 12.2. The monoisotopic (exact) mass is 296 g/mol. The van der Waals surface area contributed by atoms with Gasteiger partial charge in [-0.05, 0) is 28.7 Å². The first-order valence-corrected chi connectivity index (χ1v) is 7.53. The minimum Gasteiger partial charge on any atom is -0.323 e. The van der Waals surface area contributed by atoms with Crippen molar-refractivity contribution in [3.8, 4) is 0 Å². The number of hydrogen-bond acceptors (Lipinski definition) is 1. The maximum absolute atomic E-state index is 12.2. The standard InChI is InChI=1S/C19H24N2O/c1-19(2,3)16-10-12-17(13-11-16)20-18(22)21(4)14-15-8-6-5-7-9-15/h5-13H,14H2,1-4H3,(H,20,22). The molecule has 0 aliphatic rings. The SMILES string of the molecule is CN(Cc1ccccc1)C(=O)Nc1ccc(C(C)(C)C)cc1. The third-order valence-corrected chi connectivity index (χ3v) is 3.61. The average Bonchev–Trinajstić information content (AvgIpc) is 2.48. The molecule has 3 heteroatoms. The lowest BCUT2D eigenvalue weighted by molar-refractivity contribution is 0.220. The molecule has 2 amide bonds. The number of rotatable bonds is 3. The minimum absolute atomic E-state index is 0.104. The molecule has 1 N–H and O–H groups in total. The molecule has 22 heavy (non-hydrogen) atoms. The molecule has 116 valence electrons. The smallest absolute Gasteiger partial charge is 0.321 e. The first kappa shape index (κ1) is 16.1. The van der Waals surface area contributed by atoms with Crippen molar-refractivity contribution in [2.75, 3.05) is 12.4 Å². The van der Waals surface area contributed by atoms with Crippen molar-refractivity contribution >= 4 is 11.7 Å². The van der Waals surface area contributed by atoms with Crippen LogP contribution >= 0.6 is 0 Å². The van der Waals surface area contributed by atoms with Gasteiger partial charge in [-0.1, -0.05) is 63.2 Å². The van der Waals surface area contributed by atoms with Gasteiger partial charge in [0.2, 0.25) is 0 Å². The summed E-state index contributed by atoms with van der Waals surface area (Å²) in [6, 6.07) is 17.9. The Balaban J connectivity index is 1.96. The van der Waals surface area contributed by atoms with Crippen molar-refractivity contribution in [3.63, 3.8) is 0 Å². The van der Waals surface area contributed by atoms with Crippen LogP contribution in [0.5, 0.6) is 0 Å². The van der Waals surface area contributed by atoms with Crippen LogP contribution < -0.4 is 5.32 Å². The van der Waals surface area contributed by atoms with E-state index in [2.05, 4.69) is 38.2 Å². The summed E-state index contributed by atoms with van der Waals surface area (Å²) in [7, 11) is 1.80. The molecule has 0 aromatic heterocycles. The highest BCUT2D eigenvalue weighted by Crippen LogP contribution is 2.23. The molecular weight excluding hydrogens is 272 g/mol. The topological polar surface area (TPSA) is 32.3 Å². The van der Waals surface area contributed by atoms with Crippen molar-refractivity contribution in [1.82, 2.24) is 4.90 Å². The summed E-state index contributed by atoms with van der Waals surface area (Å²) in [6.45, 7) is 7.11. The van der Waals surface area contributed by atoms with Crippen LogP contribution in [0.25, 0.3) is 0 Å². The van der Waals surface area contributed by atoms with E-state index in [1.165, 1.54) is 5.56 Å². The van der Waals surface area contributed by atoms with Crippen molar-refractivity contribution < 1.29 is 4.79 Å². The van der Waals surface area contributed by atoms with E-state index in [1.807, 2.05) is 42.5 Å². The summed E-state index contributed by atoms with van der Waals surface area (Å²) in [5.74, 6) is 0. The third-order valence-electron chi connectivity index (χ3n) is 3.61. The molecular formula is C19H24N2O. The minimum atomic E-state index is -0.104. The van der Waals surface area contributed by atoms with Crippen LogP contribution in [0.1, 0.15) is 31.9 Å². The van der Waals surface area contributed by atoms with Crippen LogP contribution in [0.15, 0.2) is 54.6 Å². The first-order valence-electron chi connectivity index (χ1n) is 7.53. The Bertz CT molecular complexity index is 612. The third kappa shape index (κ3) is 4.35. The van der Waals surface area contributed by atoms with Gasteiger partial charge in [0.1, 0.15) is 0 Å². The van der Waals surface area contributed by atoms with E-state index in [1.54, 1.807) is 11.9 Å². The molecule has 0 unspecified atom stereocenters. The predicted molar refractivity (Wildman–Crippen MR) is 92.1 cm³/mol. The van der Waals surface area contributed by atoms with Crippen molar-refractivity contribution in [2.24, 2.45) is 0 Å². The summed E-state index contributed by atoms with van der Waals surface area (Å²) in [4.78, 5) is 13.9. The number of nitrogens with zero attached hydrogens (tertiary/aromatic N) is 1. The Morgan fingerprint density at radius 2 is 1.59 bits per heavy atom. The van der Waals surface area contributed by atoms with Gasteiger partial charge in [-0.15, -0.1) is 0 Å². The zero-order valence-electron chi connectivity index (χ0n) is 13.8. The molecule has 0 fully saturated rings. The Kier molecular flexibility index (Phi) is 4.86. The number of amides is 2. The summed E-state index contributed by atoms with van der Waals surface area (Å²) >= 11 is 0. The van der Waals surface area contributed by atoms with Gasteiger partial charge in [0.05, 0.1) is 0 Å². The van der Waals surface area contributed by atoms with Gasteiger partial charge in [-0.2, -0.15) is 0 Å². The molecule has 2 aromatic rings. The highest BCUT2D eigenvalue weighted by atomic mass is 16.2. The molecule has 0 atom stereocenters. The largest absolute Gasteiger partial charge is 0.323 e. The number of carbonyl (C=O) groups excluding carboxylic acids is 1. The van der Waals surface area contributed by atoms with E-state index >= 15 is 0 Å². The molecule has 0 saturated carbocycles. The van der Waals surface area contributed by atoms with E-state index in [0.29, 0.717) is 6.54 Å². The number of urea groups is 1. The molecule has 2 aromatic carbocycles. The second-order valence-corrected chi connectivity index (χ2v) is 6.60. The maximum Gasteiger partial charge on any atom is 0.321 e. The summed E-state index contributed by atoms with van der Waals surface area (Å²) in [6.07, 6.45) is 0. The fourth-order valence-electron chi connectivity index (χ4n) is 2.20. The van der Waals surface area contributed by atoms with E-state index in [4.69, 9.17) is 0 Å². The second-order valence-electron chi connectivity index (χ2n) is 6.60. The highest BCUT2D eigenvalue weighted by molar-refractivity contribution is 5.89. The average molecular weight is 296 g/mol. The van der Waals surface area contributed by atoms with Gasteiger partial charge >= 0.3 is 6.03 Å². The Morgan fingerprint density at radius 3 is 2.14 bits per heavy atom. The van der Waals surface area contributed by atoms with E-state index in [0.717, 1.165) is 11.3 Å². The van der Waals surface area contributed by atoms with E-state index < -0.39 is 0 Å². The number of anilines is 1. The first-order chi connectivity index (χ1) is 10.4. The molecule has 0 aliphatic carbocycles. The molecule has 0 saturated heterocycles. The van der Waals surface area contributed by atoms with Crippen LogP contribution in [0.2, 0.25) is 0 Å². The zero-order chi connectivity index (χ0) is 16.2. The number of hydrogen-bond donors (Lipinski definition) is 1. The van der Waals surface area contributed by atoms with Gasteiger partial charge in [0, 0.05) is 19.3 Å². The second kappa shape index (κ2) is 6.65. The molecule has 2 rings (SSSR count). The fraction of sp³-hybridized carbons (Fsp3) is 0.316. The summed E-state index contributed by atoms with van der Waals surface area (Å²) < 4.78 is 0. The quantitative estimate of drug-likeness (QED) is 0.878. The Morgan fingerprint density at radius 1 is 1.00 bits per heavy atom. The molecule has 0 bridgehead atoms. The Labute approximate surface area is 133 Å². The summed E-state index contributed by atoms with van der Waals surface area (Å²) in [5.41, 5.74) is 3.30. The highest BCUT2D eigenvalue weighted by Gasteiger charge is 2.14. The van der Waals surface area contributed by atoms with Crippen LogP contribution in [0.3, 0.4) is 0 Å². The number of benzene rings is 2. The number of nitrogens with one attached hydrogen (secondary N) is 1. The van der Waals surface area contributed by atoms with Crippen molar-refractivity contribution in [2.45, 2.75) is 32.7 Å². The summed E-state index contributed by atoms with van der Waals surface area (Å²) in [5, 5.41) is 2.93. The van der Waals surface area contributed by atoms with Crippen molar-refractivity contribution in [3.05, 3.63) is 65.7 Å². The molecule has 0 radical (unpaired) electrons. The number of carbonyl (C=O) groups is 1. The lowest BCUT2D eigenvalue weighted by Crippen LogP contribution is -2.30. The van der Waals surface area contributed by atoms with Crippen LogP contribution in [-0.2, 0) is 12.0 Å². The fourth-order valence-corrected chi connectivity index (χ4v) is 2.20. The molecule has 0 heterocycles. The zero-order valence-corrected chi connectivity index (χ0v) is 13.8. The van der Waals surface area contributed by atoms with Crippen LogP contribution in [0, 0.1) is 0 Å². The molecule has 0 aliphatic heterocycles. The molecule has 0 spiro atoms. The van der Waals surface area contributed by atoms with Crippen molar-refractivity contribution in [1.29, 1.82) is 0 Å². The lowest BCUT2D eigenvalue weighted by atomic mass is 9.87. The van der Waals surface area contributed by atoms with Crippen LogP contribution in [0.4, 0.5) is 10.5 Å². The lowest BCUT2D eigenvalue weighted by Gasteiger charge is -2.20. The predicted octanol–water partition coefficient (Wildman–Crippen LogP) is 4.65. The van der Waals surface area contributed by atoms with E-state index in [9.17, 15) is 4.79 Å². The van der Waals surface area contributed by atoms with Gasteiger partial charge < -0.3 is 10.2 Å². The van der Waals surface area contributed by atoms with Crippen LogP contribution in [-0.4, -0.2) is 18.0 Å². The van der Waals surface area contributed by atoms with E-state index in [-0.39, 0.29) is 11.4 Å². The Hall–Kier alpha value is -2.29.